The molecule has 25 heavy (non-hydrogen) atoms. The van der Waals surface area contributed by atoms with Gasteiger partial charge in [0, 0.05) is 23.7 Å². The van der Waals surface area contributed by atoms with Crippen molar-refractivity contribution in [1.29, 1.82) is 0 Å². The van der Waals surface area contributed by atoms with Gasteiger partial charge in [-0.15, -0.1) is 11.8 Å². The number of benzene rings is 2. The molecule has 0 amide bonds. The SMILES string of the molecule is Cc1ccc(SCc2cccc(S(=O)(=O)N3CCOCC3)c2)cc1C. The maximum atomic E-state index is 12.8. The van der Waals surface area contributed by atoms with E-state index in [1.165, 1.54) is 20.3 Å². The Morgan fingerprint density at radius 2 is 1.80 bits per heavy atom. The second-order valence-corrected chi connectivity index (χ2v) is 9.19. The molecular weight excluding hydrogens is 354 g/mol. The van der Waals surface area contributed by atoms with E-state index in [-0.39, 0.29) is 0 Å². The molecule has 1 saturated heterocycles. The summed E-state index contributed by atoms with van der Waals surface area (Å²) in [5.41, 5.74) is 3.56. The van der Waals surface area contributed by atoms with Gasteiger partial charge < -0.3 is 4.74 Å². The molecular formula is C19H23NO3S2. The number of thioether (sulfide) groups is 1. The molecule has 0 atom stereocenters. The summed E-state index contributed by atoms with van der Waals surface area (Å²) in [6.07, 6.45) is 0. The van der Waals surface area contributed by atoms with Gasteiger partial charge in [-0.2, -0.15) is 4.31 Å². The topological polar surface area (TPSA) is 46.6 Å². The van der Waals surface area contributed by atoms with Crippen LogP contribution in [0.3, 0.4) is 0 Å². The number of aryl methyl sites for hydroxylation is 2. The lowest BCUT2D eigenvalue weighted by Crippen LogP contribution is -2.40. The van der Waals surface area contributed by atoms with Crippen LogP contribution < -0.4 is 0 Å². The first-order chi connectivity index (χ1) is 12.0. The van der Waals surface area contributed by atoms with E-state index in [0.717, 1.165) is 11.3 Å². The van der Waals surface area contributed by atoms with Crippen LogP contribution >= 0.6 is 11.8 Å². The molecule has 1 fully saturated rings. The lowest BCUT2D eigenvalue weighted by molar-refractivity contribution is 0.0730. The van der Waals surface area contributed by atoms with Crippen LogP contribution in [0.5, 0.6) is 0 Å². The third kappa shape index (κ3) is 4.44. The summed E-state index contributed by atoms with van der Waals surface area (Å²) < 4.78 is 32.3. The van der Waals surface area contributed by atoms with Crippen LogP contribution in [-0.4, -0.2) is 39.0 Å². The van der Waals surface area contributed by atoms with Gasteiger partial charge in [-0.1, -0.05) is 18.2 Å². The highest BCUT2D eigenvalue weighted by atomic mass is 32.2. The highest BCUT2D eigenvalue weighted by molar-refractivity contribution is 7.98. The first-order valence-corrected chi connectivity index (χ1v) is 10.8. The number of hydrogen-bond acceptors (Lipinski definition) is 4. The second kappa shape index (κ2) is 7.91. The van der Waals surface area contributed by atoms with Gasteiger partial charge in [0.25, 0.3) is 0 Å². The van der Waals surface area contributed by atoms with Gasteiger partial charge in [0.15, 0.2) is 0 Å². The van der Waals surface area contributed by atoms with Crippen molar-refractivity contribution in [2.24, 2.45) is 0 Å². The second-order valence-electron chi connectivity index (χ2n) is 6.20. The molecule has 0 saturated carbocycles. The minimum atomic E-state index is -3.44. The van der Waals surface area contributed by atoms with Crippen molar-refractivity contribution in [3.05, 3.63) is 59.2 Å². The predicted molar refractivity (Wildman–Crippen MR) is 101 cm³/mol. The number of morpholine rings is 1. The van der Waals surface area contributed by atoms with E-state index in [4.69, 9.17) is 4.74 Å². The standard InChI is InChI=1S/C19H23NO3S2/c1-15-6-7-18(12-16(15)2)24-14-17-4-3-5-19(13-17)25(21,22)20-8-10-23-11-9-20/h3-7,12-13H,8-11,14H2,1-2H3. The van der Waals surface area contributed by atoms with Crippen LogP contribution in [0.15, 0.2) is 52.3 Å². The van der Waals surface area contributed by atoms with Gasteiger partial charge in [-0.3, -0.25) is 0 Å². The summed E-state index contributed by atoms with van der Waals surface area (Å²) in [5.74, 6) is 0.745. The fraction of sp³-hybridized carbons (Fsp3) is 0.368. The zero-order valence-electron chi connectivity index (χ0n) is 14.6. The Balaban J connectivity index is 1.73. The summed E-state index contributed by atoms with van der Waals surface area (Å²) in [4.78, 5) is 1.57. The van der Waals surface area contributed by atoms with Crippen molar-refractivity contribution in [2.75, 3.05) is 26.3 Å². The molecule has 1 heterocycles. The molecule has 0 unspecified atom stereocenters. The quantitative estimate of drug-likeness (QED) is 0.747. The molecule has 0 radical (unpaired) electrons. The molecule has 0 aromatic heterocycles. The molecule has 4 nitrogen and oxygen atoms in total. The molecule has 1 aliphatic rings. The van der Waals surface area contributed by atoms with Crippen molar-refractivity contribution in [1.82, 2.24) is 4.31 Å². The summed E-state index contributed by atoms with van der Waals surface area (Å²) in [6.45, 7) is 5.97. The van der Waals surface area contributed by atoms with Crippen molar-refractivity contribution < 1.29 is 13.2 Å². The highest BCUT2D eigenvalue weighted by Gasteiger charge is 2.26. The Bertz CT molecular complexity index is 843. The molecule has 6 heteroatoms. The predicted octanol–water partition coefficient (Wildman–Crippen LogP) is 3.62. The minimum Gasteiger partial charge on any atom is -0.379 e. The Kier molecular flexibility index (Phi) is 5.84. The number of rotatable bonds is 5. The molecule has 3 rings (SSSR count). The Morgan fingerprint density at radius 1 is 1.04 bits per heavy atom. The molecule has 0 aliphatic carbocycles. The Labute approximate surface area is 154 Å². The van der Waals surface area contributed by atoms with Crippen LogP contribution in [0.4, 0.5) is 0 Å². The van der Waals surface area contributed by atoms with Crippen LogP contribution in [0.2, 0.25) is 0 Å². The van der Waals surface area contributed by atoms with Crippen molar-refractivity contribution >= 4 is 21.8 Å². The first kappa shape index (κ1) is 18.5. The van der Waals surface area contributed by atoms with E-state index < -0.39 is 10.0 Å². The van der Waals surface area contributed by atoms with Gasteiger partial charge in [-0.05, 0) is 54.8 Å². The van der Waals surface area contributed by atoms with Crippen LogP contribution in [0.25, 0.3) is 0 Å². The molecule has 2 aromatic rings. The summed E-state index contributed by atoms with van der Waals surface area (Å²) >= 11 is 1.72. The normalized spacial score (nSPS) is 16.1. The van der Waals surface area contributed by atoms with Crippen molar-refractivity contribution in [3.63, 3.8) is 0 Å². The van der Waals surface area contributed by atoms with Crippen molar-refractivity contribution in [3.8, 4) is 0 Å². The number of ether oxygens (including phenoxy) is 1. The smallest absolute Gasteiger partial charge is 0.243 e. The van der Waals surface area contributed by atoms with Gasteiger partial charge in [0.1, 0.15) is 0 Å². The van der Waals surface area contributed by atoms with E-state index in [1.807, 2.05) is 12.1 Å². The average molecular weight is 378 g/mol. The molecule has 134 valence electrons. The van der Waals surface area contributed by atoms with E-state index in [0.29, 0.717) is 31.2 Å². The number of hydrogen-bond donors (Lipinski definition) is 0. The number of sulfonamides is 1. The largest absolute Gasteiger partial charge is 0.379 e. The molecule has 0 spiro atoms. The Morgan fingerprint density at radius 3 is 2.52 bits per heavy atom. The number of nitrogens with zero attached hydrogens (tertiary/aromatic N) is 1. The molecule has 0 bridgehead atoms. The van der Waals surface area contributed by atoms with Crippen LogP contribution in [-0.2, 0) is 20.5 Å². The Hall–Kier alpha value is -1.34. The summed E-state index contributed by atoms with van der Waals surface area (Å²) in [5, 5.41) is 0. The van der Waals surface area contributed by atoms with Gasteiger partial charge >= 0.3 is 0 Å². The zero-order valence-corrected chi connectivity index (χ0v) is 16.2. The van der Waals surface area contributed by atoms with Gasteiger partial charge in [0.05, 0.1) is 18.1 Å². The molecule has 0 N–H and O–H groups in total. The lowest BCUT2D eigenvalue weighted by Gasteiger charge is -2.26. The van der Waals surface area contributed by atoms with Crippen molar-refractivity contribution in [2.45, 2.75) is 29.4 Å². The molecule has 1 aliphatic heterocycles. The van der Waals surface area contributed by atoms with Crippen LogP contribution in [0.1, 0.15) is 16.7 Å². The molecule has 2 aromatic carbocycles. The van der Waals surface area contributed by atoms with Gasteiger partial charge in [-0.25, -0.2) is 8.42 Å². The van der Waals surface area contributed by atoms with E-state index >= 15 is 0 Å². The third-order valence-corrected chi connectivity index (χ3v) is 7.35. The highest BCUT2D eigenvalue weighted by Crippen LogP contribution is 2.26. The van der Waals surface area contributed by atoms with E-state index in [1.54, 1.807) is 23.9 Å². The maximum absolute atomic E-state index is 12.8. The van der Waals surface area contributed by atoms with Gasteiger partial charge in [0.2, 0.25) is 10.0 Å². The lowest BCUT2D eigenvalue weighted by atomic mass is 10.1. The summed E-state index contributed by atoms with van der Waals surface area (Å²) in [7, 11) is -3.44. The monoisotopic (exact) mass is 377 g/mol. The fourth-order valence-electron chi connectivity index (χ4n) is 2.70. The van der Waals surface area contributed by atoms with Crippen LogP contribution in [0, 0.1) is 13.8 Å². The third-order valence-electron chi connectivity index (χ3n) is 4.39. The maximum Gasteiger partial charge on any atom is 0.243 e. The fourth-order valence-corrected chi connectivity index (χ4v) is 5.12. The zero-order chi connectivity index (χ0) is 17.9. The van der Waals surface area contributed by atoms with E-state index in [9.17, 15) is 8.42 Å². The summed E-state index contributed by atoms with van der Waals surface area (Å²) in [6, 6.07) is 13.7. The average Bonchev–Trinajstić information content (AvgIpc) is 2.64. The first-order valence-electron chi connectivity index (χ1n) is 8.34. The minimum absolute atomic E-state index is 0.368. The van der Waals surface area contributed by atoms with E-state index in [2.05, 4.69) is 32.0 Å².